The van der Waals surface area contributed by atoms with E-state index in [2.05, 4.69) is 5.10 Å². The Hall–Kier alpha value is -3.27. The second kappa shape index (κ2) is 9.17. The quantitative estimate of drug-likeness (QED) is 0.425. The van der Waals surface area contributed by atoms with Gasteiger partial charge < -0.3 is 4.74 Å². The summed E-state index contributed by atoms with van der Waals surface area (Å²) in [5.74, 6) is 0. The van der Waals surface area contributed by atoms with Crippen LogP contribution in [0.25, 0.3) is 16.9 Å². The number of benzene rings is 2. The van der Waals surface area contributed by atoms with Crippen LogP contribution in [0, 0.1) is 13.8 Å². The molecule has 0 spiro atoms. The van der Waals surface area contributed by atoms with Crippen molar-refractivity contribution < 1.29 is 13.2 Å². The zero-order chi connectivity index (χ0) is 23.7. The molecule has 3 heterocycles. The molecular weight excluding hydrogens is 450 g/mol. The number of rotatable bonds is 6. The number of hydrogen-bond acceptors (Lipinski definition) is 5. The summed E-state index contributed by atoms with van der Waals surface area (Å²) in [7, 11) is -3.65. The fraction of sp³-hybridized carbons (Fsp3) is 0.280. The SMILES string of the molecule is Cc1nn(Cc2cn(-c3ccccc3)nc2-c2ccccc2)c(C)c1S(=O)(=O)N1CCOCC1. The van der Waals surface area contributed by atoms with Gasteiger partial charge in [-0.25, -0.2) is 13.1 Å². The number of morpholine rings is 1. The van der Waals surface area contributed by atoms with Gasteiger partial charge in [-0.1, -0.05) is 48.5 Å². The summed E-state index contributed by atoms with van der Waals surface area (Å²) in [6.07, 6.45) is 1.99. The van der Waals surface area contributed by atoms with Crippen molar-refractivity contribution in [1.82, 2.24) is 23.9 Å². The highest BCUT2D eigenvalue weighted by Crippen LogP contribution is 2.28. The van der Waals surface area contributed by atoms with Crippen molar-refractivity contribution in [1.29, 1.82) is 0 Å². The van der Waals surface area contributed by atoms with E-state index in [9.17, 15) is 8.42 Å². The molecule has 5 rings (SSSR count). The largest absolute Gasteiger partial charge is 0.379 e. The third-order valence-electron chi connectivity index (χ3n) is 6.06. The van der Waals surface area contributed by atoms with E-state index in [0.29, 0.717) is 44.2 Å². The van der Waals surface area contributed by atoms with Gasteiger partial charge >= 0.3 is 0 Å². The molecule has 8 nitrogen and oxygen atoms in total. The normalized spacial score (nSPS) is 15.0. The van der Waals surface area contributed by atoms with Gasteiger partial charge in [0.2, 0.25) is 10.0 Å². The van der Waals surface area contributed by atoms with Gasteiger partial charge in [0.05, 0.1) is 42.5 Å². The number of para-hydroxylation sites is 1. The lowest BCUT2D eigenvalue weighted by atomic mass is 10.1. The van der Waals surface area contributed by atoms with Gasteiger partial charge in [0.15, 0.2) is 0 Å². The van der Waals surface area contributed by atoms with Gasteiger partial charge in [-0.2, -0.15) is 14.5 Å². The average Bonchev–Trinajstić information content (AvgIpc) is 3.41. The highest BCUT2D eigenvalue weighted by molar-refractivity contribution is 7.89. The molecule has 1 saturated heterocycles. The third kappa shape index (κ3) is 4.18. The Kier molecular flexibility index (Phi) is 6.07. The van der Waals surface area contributed by atoms with Crippen molar-refractivity contribution in [3.63, 3.8) is 0 Å². The highest BCUT2D eigenvalue weighted by Gasteiger charge is 2.32. The molecule has 0 amide bonds. The van der Waals surface area contributed by atoms with E-state index in [0.717, 1.165) is 22.5 Å². The van der Waals surface area contributed by atoms with Crippen LogP contribution in [0.5, 0.6) is 0 Å². The molecule has 0 atom stereocenters. The Labute approximate surface area is 199 Å². The summed E-state index contributed by atoms with van der Waals surface area (Å²) in [4.78, 5) is 0.283. The molecular formula is C25H27N5O3S. The van der Waals surface area contributed by atoms with Crippen LogP contribution in [-0.4, -0.2) is 58.6 Å². The fourth-order valence-electron chi connectivity index (χ4n) is 4.36. The smallest absolute Gasteiger partial charge is 0.246 e. The first-order valence-corrected chi connectivity index (χ1v) is 12.7. The Morgan fingerprint density at radius 1 is 0.912 bits per heavy atom. The summed E-state index contributed by atoms with van der Waals surface area (Å²) < 4.78 is 37.2. The Balaban J connectivity index is 1.55. The van der Waals surface area contributed by atoms with E-state index in [4.69, 9.17) is 9.84 Å². The monoisotopic (exact) mass is 477 g/mol. The molecule has 4 aromatic rings. The molecule has 34 heavy (non-hydrogen) atoms. The van der Waals surface area contributed by atoms with Crippen LogP contribution < -0.4 is 0 Å². The predicted octanol–water partition coefficient (Wildman–Crippen LogP) is 3.42. The van der Waals surface area contributed by atoms with E-state index in [1.165, 1.54) is 4.31 Å². The van der Waals surface area contributed by atoms with Crippen molar-refractivity contribution in [3.8, 4) is 16.9 Å². The minimum absolute atomic E-state index is 0.283. The van der Waals surface area contributed by atoms with Crippen LogP contribution >= 0.6 is 0 Å². The number of ether oxygens (including phenoxy) is 1. The first kappa shape index (κ1) is 22.5. The number of sulfonamides is 1. The zero-order valence-electron chi connectivity index (χ0n) is 19.3. The average molecular weight is 478 g/mol. The Morgan fingerprint density at radius 2 is 1.56 bits per heavy atom. The fourth-order valence-corrected chi connectivity index (χ4v) is 6.14. The molecule has 176 valence electrons. The van der Waals surface area contributed by atoms with Crippen LogP contribution in [0.4, 0.5) is 0 Å². The highest BCUT2D eigenvalue weighted by atomic mass is 32.2. The third-order valence-corrected chi connectivity index (χ3v) is 8.21. The molecule has 2 aromatic carbocycles. The van der Waals surface area contributed by atoms with Crippen molar-refractivity contribution >= 4 is 10.0 Å². The molecule has 1 aliphatic heterocycles. The lowest BCUT2D eigenvalue weighted by Gasteiger charge is -2.26. The van der Waals surface area contributed by atoms with Gasteiger partial charge in [0, 0.05) is 30.4 Å². The molecule has 1 aliphatic rings. The molecule has 9 heteroatoms. The molecule has 0 aliphatic carbocycles. The first-order chi connectivity index (χ1) is 16.4. The molecule has 0 N–H and O–H groups in total. The van der Waals surface area contributed by atoms with Crippen LogP contribution in [0.15, 0.2) is 71.8 Å². The Morgan fingerprint density at radius 3 is 2.24 bits per heavy atom. The van der Waals surface area contributed by atoms with Crippen LogP contribution in [-0.2, 0) is 21.3 Å². The van der Waals surface area contributed by atoms with E-state index in [1.54, 1.807) is 11.6 Å². The molecule has 0 unspecified atom stereocenters. The van der Waals surface area contributed by atoms with Crippen molar-refractivity contribution in [2.24, 2.45) is 0 Å². The van der Waals surface area contributed by atoms with Crippen LogP contribution in [0.3, 0.4) is 0 Å². The van der Waals surface area contributed by atoms with E-state index in [-0.39, 0.29) is 4.90 Å². The topological polar surface area (TPSA) is 82.2 Å². The van der Waals surface area contributed by atoms with Crippen molar-refractivity contribution in [3.05, 3.63) is 83.8 Å². The maximum atomic E-state index is 13.4. The molecule has 0 saturated carbocycles. The maximum absolute atomic E-state index is 13.4. The minimum Gasteiger partial charge on any atom is -0.379 e. The summed E-state index contributed by atoms with van der Waals surface area (Å²) >= 11 is 0. The van der Waals surface area contributed by atoms with E-state index >= 15 is 0 Å². The molecule has 2 aromatic heterocycles. The van der Waals surface area contributed by atoms with Crippen molar-refractivity contribution in [2.75, 3.05) is 26.3 Å². The first-order valence-electron chi connectivity index (χ1n) is 11.3. The summed E-state index contributed by atoms with van der Waals surface area (Å²) in [5.41, 5.74) is 4.87. The second-order valence-corrected chi connectivity index (χ2v) is 10.2. The van der Waals surface area contributed by atoms with Crippen LogP contribution in [0.2, 0.25) is 0 Å². The van der Waals surface area contributed by atoms with E-state index < -0.39 is 10.0 Å². The number of aryl methyl sites for hydroxylation is 1. The number of nitrogens with zero attached hydrogens (tertiary/aromatic N) is 5. The molecule has 0 bridgehead atoms. The van der Waals surface area contributed by atoms with E-state index in [1.807, 2.05) is 78.5 Å². The summed E-state index contributed by atoms with van der Waals surface area (Å²) in [6, 6.07) is 19.9. The zero-order valence-corrected chi connectivity index (χ0v) is 20.1. The maximum Gasteiger partial charge on any atom is 0.246 e. The van der Waals surface area contributed by atoms with Crippen LogP contribution in [0.1, 0.15) is 17.0 Å². The van der Waals surface area contributed by atoms with Gasteiger partial charge in [-0.3, -0.25) is 4.68 Å². The number of aromatic nitrogens is 4. The lowest BCUT2D eigenvalue weighted by Crippen LogP contribution is -2.41. The van der Waals surface area contributed by atoms with Gasteiger partial charge in [-0.15, -0.1) is 0 Å². The lowest BCUT2D eigenvalue weighted by molar-refractivity contribution is 0.0730. The summed E-state index contributed by atoms with van der Waals surface area (Å²) in [6.45, 7) is 5.50. The van der Waals surface area contributed by atoms with Gasteiger partial charge in [0.1, 0.15) is 4.90 Å². The molecule has 1 fully saturated rings. The minimum atomic E-state index is -3.65. The number of hydrogen-bond donors (Lipinski definition) is 0. The molecule has 0 radical (unpaired) electrons. The standard InChI is InChI=1S/C25H27N5O3S/c1-19-25(34(31,32)28-13-15-33-16-14-28)20(2)29(26-19)17-22-18-30(23-11-7-4-8-12-23)27-24(22)21-9-5-3-6-10-21/h3-12,18H,13-17H2,1-2H3. The predicted molar refractivity (Wildman–Crippen MR) is 129 cm³/mol. The second-order valence-electron chi connectivity index (χ2n) is 8.32. The summed E-state index contributed by atoms with van der Waals surface area (Å²) in [5, 5.41) is 9.49. The van der Waals surface area contributed by atoms with Gasteiger partial charge in [0.25, 0.3) is 0 Å². The van der Waals surface area contributed by atoms with Crippen molar-refractivity contribution in [2.45, 2.75) is 25.3 Å². The Bertz CT molecular complexity index is 1390. The van der Waals surface area contributed by atoms with Gasteiger partial charge in [-0.05, 0) is 26.0 Å².